The molecule has 6 heteroatoms. The summed E-state index contributed by atoms with van der Waals surface area (Å²) in [5.41, 5.74) is 4.26. The molecule has 2 aromatic rings. The first-order valence-electron chi connectivity index (χ1n) is 10.6. The van der Waals surface area contributed by atoms with E-state index in [1.807, 2.05) is 6.07 Å². The van der Waals surface area contributed by atoms with Gasteiger partial charge in [0.2, 0.25) is 0 Å². The number of piperidine rings is 1. The van der Waals surface area contributed by atoms with E-state index in [2.05, 4.69) is 51.7 Å². The van der Waals surface area contributed by atoms with Crippen molar-refractivity contribution in [3.63, 3.8) is 0 Å². The fraction of sp³-hybridized carbons (Fsp3) is 0.458. The minimum atomic E-state index is -0.236. The van der Waals surface area contributed by atoms with Crippen molar-refractivity contribution in [2.45, 2.75) is 45.5 Å². The molecule has 0 saturated carbocycles. The van der Waals surface area contributed by atoms with Crippen LogP contribution in [-0.4, -0.2) is 44.1 Å². The topological polar surface area (TPSA) is 48.9 Å². The number of aliphatic imine (C=N–C) groups is 1. The average molecular weight is 413 g/mol. The minimum Gasteiger partial charge on any atom is -0.380 e. The summed E-state index contributed by atoms with van der Waals surface area (Å²) in [7, 11) is 3.35. The number of rotatable bonds is 7. The van der Waals surface area contributed by atoms with Crippen molar-refractivity contribution in [3.8, 4) is 0 Å². The van der Waals surface area contributed by atoms with Crippen LogP contribution in [0, 0.1) is 12.7 Å². The molecular formula is C24H33FN4O. The number of hydrogen-bond acceptors (Lipinski definition) is 3. The van der Waals surface area contributed by atoms with Crippen LogP contribution in [0.4, 0.5) is 4.39 Å². The molecule has 1 fully saturated rings. The Bertz CT molecular complexity index is 847. The molecule has 0 amide bonds. The van der Waals surface area contributed by atoms with E-state index in [-0.39, 0.29) is 12.4 Å². The van der Waals surface area contributed by atoms with E-state index in [1.54, 1.807) is 20.2 Å². The van der Waals surface area contributed by atoms with Crippen LogP contribution in [0.15, 0.2) is 47.5 Å². The predicted molar refractivity (Wildman–Crippen MR) is 120 cm³/mol. The summed E-state index contributed by atoms with van der Waals surface area (Å²) in [5, 5.41) is 6.88. The Morgan fingerprint density at radius 3 is 2.67 bits per heavy atom. The van der Waals surface area contributed by atoms with Gasteiger partial charge < -0.3 is 15.4 Å². The zero-order chi connectivity index (χ0) is 21.3. The highest BCUT2D eigenvalue weighted by Gasteiger charge is 2.20. The molecule has 0 unspecified atom stereocenters. The number of benzene rings is 2. The van der Waals surface area contributed by atoms with Gasteiger partial charge in [-0.15, -0.1) is 0 Å². The second kappa shape index (κ2) is 11.1. The normalized spacial score (nSPS) is 15.9. The van der Waals surface area contributed by atoms with Crippen LogP contribution in [0.5, 0.6) is 0 Å². The first kappa shape index (κ1) is 22.2. The fourth-order valence-electron chi connectivity index (χ4n) is 3.88. The lowest BCUT2D eigenvalue weighted by Crippen LogP contribution is -2.48. The Morgan fingerprint density at radius 2 is 1.97 bits per heavy atom. The van der Waals surface area contributed by atoms with Crippen LogP contribution in [0.1, 0.15) is 35.1 Å². The van der Waals surface area contributed by atoms with E-state index in [0.717, 1.165) is 44.0 Å². The van der Waals surface area contributed by atoms with Gasteiger partial charge in [0.15, 0.2) is 5.96 Å². The monoisotopic (exact) mass is 412 g/mol. The van der Waals surface area contributed by atoms with Gasteiger partial charge in [-0.1, -0.05) is 35.9 Å². The number of likely N-dealkylation sites (tertiary alicyclic amines) is 1. The number of halogens is 1. The maximum absolute atomic E-state index is 13.8. The summed E-state index contributed by atoms with van der Waals surface area (Å²) in [4.78, 5) is 6.86. The highest BCUT2D eigenvalue weighted by Crippen LogP contribution is 2.15. The van der Waals surface area contributed by atoms with Crippen molar-refractivity contribution in [2.24, 2.45) is 4.99 Å². The number of nitrogens with zero attached hydrogens (tertiary/aromatic N) is 2. The van der Waals surface area contributed by atoms with Gasteiger partial charge in [0.1, 0.15) is 5.82 Å². The van der Waals surface area contributed by atoms with Gasteiger partial charge in [0.25, 0.3) is 0 Å². The lowest BCUT2D eigenvalue weighted by Gasteiger charge is -2.33. The Labute approximate surface area is 179 Å². The fourth-order valence-corrected chi connectivity index (χ4v) is 3.88. The number of ether oxygens (including phenoxy) is 1. The van der Waals surface area contributed by atoms with Crippen LogP contribution in [0.2, 0.25) is 0 Å². The molecule has 0 atom stereocenters. The van der Waals surface area contributed by atoms with Crippen LogP contribution >= 0.6 is 0 Å². The average Bonchev–Trinajstić information content (AvgIpc) is 2.74. The zero-order valence-electron chi connectivity index (χ0n) is 18.2. The van der Waals surface area contributed by atoms with Crippen molar-refractivity contribution in [1.82, 2.24) is 15.5 Å². The molecule has 30 heavy (non-hydrogen) atoms. The Morgan fingerprint density at radius 1 is 1.17 bits per heavy atom. The number of methoxy groups -OCH3 is 1. The van der Waals surface area contributed by atoms with Crippen molar-refractivity contribution >= 4 is 5.96 Å². The number of aryl methyl sites for hydroxylation is 1. The van der Waals surface area contributed by atoms with E-state index in [4.69, 9.17) is 4.74 Å². The SMILES string of the molecule is CN=C(NCc1ccc(F)c(COC)c1)NC1CCN(Cc2cccc(C)c2)CC1. The van der Waals surface area contributed by atoms with Gasteiger partial charge in [-0.2, -0.15) is 0 Å². The minimum absolute atomic E-state index is 0.236. The third-order valence-corrected chi connectivity index (χ3v) is 5.51. The Kier molecular flexibility index (Phi) is 8.22. The molecule has 1 heterocycles. The second-order valence-corrected chi connectivity index (χ2v) is 7.97. The maximum Gasteiger partial charge on any atom is 0.191 e. The molecule has 162 valence electrons. The molecule has 3 rings (SSSR count). The molecule has 1 saturated heterocycles. The largest absolute Gasteiger partial charge is 0.380 e. The van der Waals surface area contributed by atoms with E-state index in [0.29, 0.717) is 18.2 Å². The number of guanidine groups is 1. The van der Waals surface area contributed by atoms with Crippen LogP contribution in [0.3, 0.4) is 0 Å². The Hall–Kier alpha value is -2.44. The van der Waals surface area contributed by atoms with E-state index >= 15 is 0 Å². The summed E-state index contributed by atoms with van der Waals surface area (Å²) in [6, 6.07) is 14.3. The van der Waals surface area contributed by atoms with Gasteiger partial charge in [0.05, 0.1) is 6.61 Å². The lowest BCUT2D eigenvalue weighted by molar-refractivity contribution is 0.181. The van der Waals surface area contributed by atoms with Crippen molar-refractivity contribution in [1.29, 1.82) is 0 Å². The molecule has 0 radical (unpaired) electrons. The first-order valence-corrected chi connectivity index (χ1v) is 10.6. The quantitative estimate of drug-likeness (QED) is 0.539. The third kappa shape index (κ3) is 6.54. The summed E-state index contributed by atoms with van der Waals surface area (Å²) >= 11 is 0. The van der Waals surface area contributed by atoms with Gasteiger partial charge in [-0.25, -0.2) is 4.39 Å². The second-order valence-electron chi connectivity index (χ2n) is 7.97. The summed E-state index contributed by atoms with van der Waals surface area (Å²) in [6.07, 6.45) is 2.17. The number of nitrogens with one attached hydrogen (secondary N) is 2. The predicted octanol–water partition coefficient (Wildman–Crippen LogP) is 3.61. The van der Waals surface area contributed by atoms with Gasteiger partial charge in [0, 0.05) is 51.9 Å². The molecule has 0 aliphatic carbocycles. The first-order chi connectivity index (χ1) is 14.6. The molecule has 0 spiro atoms. The summed E-state index contributed by atoms with van der Waals surface area (Å²) in [6.45, 7) is 6.15. The maximum atomic E-state index is 13.8. The smallest absolute Gasteiger partial charge is 0.191 e. The van der Waals surface area contributed by atoms with Crippen LogP contribution < -0.4 is 10.6 Å². The van der Waals surface area contributed by atoms with Crippen molar-refractivity contribution < 1.29 is 9.13 Å². The molecule has 1 aliphatic heterocycles. The third-order valence-electron chi connectivity index (χ3n) is 5.51. The molecular weight excluding hydrogens is 379 g/mol. The molecule has 0 aromatic heterocycles. The lowest BCUT2D eigenvalue weighted by atomic mass is 10.0. The molecule has 2 N–H and O–H groups in total. The summed E-state index contributed by atoms with van der Waals surface area (Å²) < 4.78 is 18.8. The van der Waals surface area contributed by atoms with Crippen molar-refractivity contribution in [2.75, 3.05) is 27.2 Å². The van der Waals surface area contributed by atoms with Crippen LogP contribution in [-0.2, 0) is 24.4 Å². The summed E-state index contributed by atoms with van der Waals surface area (Å²) in [5.74, 6) is 0.547. The van der Waals surface area contributed by atoms with E-state index < -0.39 is 0 Å². The van der Waals surface area contributed by atoms with Crippen molar-refractivity contribution in [3.05, 3.63) is 70.5 Å². The standard InChI is InChI=1S/C24H33FN4O/c1-18-5-4-6-20(13-18)16-29-11-9-22(10-12-29)28-24(26-2)27-15-19-7-8-23(25)21(14-19)17-30-3/h4-8,13-14,22H,9-12,15-17H2,1-3H3,(H2,26,27,28). The zero-order valence-corrected chi connectivity index (χ0v) is 18.2. The molecule has 1 aliphatic rings. The number of hydrogen-bond donors (Lipinski definition) is 2. The highest BCUT2D eigenvalue weighted by atomic mass is 19.1. The van der Waals surface area contributed by atoms with Gasteiger partial charge >= 0.3 is 0 Å². The van der Waals surface area contributed by atoms with Crippen LogP contribution in [0.25, 0.3) is 0 Å². The van der Waals surface area contributed by atoms with E-state index in [1.165, 1.54) is 17.2 Å². The molecule has 5 nitrogen and oxygen atoms in total. The van der Waals surface area contributed by atoms with Gasteiger partial charge in [-0.3, -0.25) is 9.89 Å². The van der Waals surface area contributed by atoms with Gasteiger partial charge in [-0.05, 0) is 43.0 Å². The molecule has 2 aromatic carbocycles. The highest BCUT2D eigenvalue weighted by molar-refractivity contribution is 5.79. The van der Waals surface area contributed by atoms with E-state index in [9.17, 15) is 4.39 Å². The molecule has 0 bridgehead atoms. The Balaban J connectivity index is 1.45.